The maximum atomic E-state index is 12.7. The molecular weight excluding hydrogens is 294 g/mol. The lowest BCUT2D eigenvalue weighted by atomic mass is 10.1. The lowest BCUT2D eigenvalue weighted by molar-refractivity contribution is -0.0232. The molecule has 2 aromatic heterocycles. The van der Waals surface area contributed by atoms with Gasteiger partial charge in [0.1, 0.15) is 6.10 Å². The van der Waals surface area contributed by atoms with E-state index >= 15 is 0 Å². The van der Waals surface area contributed by atoms with E-state index in [0.717, 1.165) is 5.56 Å². The number of carbonyl (C=O) groups excluding carboxylic acids is 1. The van der Waals surface area contributed by atoms with Crippen LogP contribution >= 0.6 is 0 Å². The Hall–Kier alpha value is -2.80. The quantitative estimate of drug-likeness (QED) is 0.714. The molecule has 1 aliphatic rings. The molecule has 7 nitrogen and oxygen atoms in total. The van der Waals surface area contributed by atoms with Crippen molar-refractivity contribution in [2.24, 2.45) is 0 Å². The molecule has 0 saturated carbocycles. The third-order valence-corrected chi connectivity index (χ3v) is 3.83. The first kappa shape index (κ1) is 13.8. The molecule has 0 bridgehead atoms. The van der Waals surface area contributed by atoms with E-state index in [1.54, 1.807) is 23.4 Å². The highest BCUT2D eigenvalue weighted by Crippen LogP contribution is 2.22. The van der Waals surface area contributed by atoms with Gasteiger partial charge < -0.3 is 9.64 Å². The molecule has 1 fully saturated rings. The summed E-state index contributed by atoms with van der Waals surface area (Å²) in [5.41, 5.74) is 1.06. The summed E-state index contributed by atoms with van der Waals surface area (Å²) in [5.74, 6) is 0.390. The van der Waals surface area contributed by atoms with Crippen LogP contribution in [0, 0.1) is 0 Å². The smallest absolute Gasteiger partial charge is 0.293 e. The number of nitrogens with zero attached hydrogens (tertiary/aromatic N) is 5. The van der Waals surface area contributed by atoms with Crippen LogP contribution in [0.2, 0.25) is 0 Å². The number of hydrogen-bond donors (Lipinski definition) is 0. The van der Waals surface area contributed by atoms with Gasteiger partial charge in [-0.05, 0) is 11.6 Å². The average molecular weight is 309 g/mol. The predicted octanol–water partition coefficient (Wildman–Crippen LogP) is 1.34. The minimum atomic E-state index is -0.195. The molecule has 1 atom stereocenters. The van der Waals surface area contributed by atoms with Crippen LogP contribution in [0.15, 0.2) is 48.8 Å². The van der Waals surface area contributed by atoms with Gasteiger partial charge in [-0.2, -0.15) is 4.98 Å². The molecule has 1 amide bonds. The fourth-order valence-electron chi connectivity index (χ4n) is 2.67. The first-order valence-corrected chi connectivity index (χ1v) is 7.44. The Bertz CT molecular complexity index is 800. The van der Waals surface area contributed by atoms with Gasteiger partial charge in [-0.1, -0.05) is 30.3 Å². The largest absolute Gasteiger partial charge is 0.370 e. The van der Waals surface area contributed by atoms with E-state index in [9.17, 15) is 4.79 Å². The van der Waals surface area contributed by atoms with Gasteiger partial charge in [-0.25, -0.2) is 9.50 Å². The lowest BCUT2D eigenvalue weighted by Gasteiger charge is -2.32. The fraction of sp³-hybridized carbons (Fsp3) is 0.250. The summed E-state index contributed by atoms with van der Waals surface area (Å²) in [6, 6.07) is 11.7. The molecule has 1 aromatic carbocycles. The number of benzene rings is 1. The fourth-order valence-corrected chi connectivity index (χ4v) is 2.67. The second kappa shape index (κ2) is 5.77. The van der Waals surface area contributed by atoms with E-state index in [0.29, 0.717) is 25.5 Å². The van der Waals surface area contributed by atoms with Crippen LogP contribution in [0.1, 0.15) is 22.3 Å². The maximum Gasteiger partial charge on any atom is 0.293 e. The minimum absolute atomic E-state index is 0.121. The summed E-state index contributed by atoms with van der Waals surface area (Å²) in [6.07, 6.45) is 3.22. The van der Waals surface area contributed by atoms with Crippen molar-refractivity contribution in [3.05, 3.63) is 60.2 Å². The summed E-state index contributed by atoms with van der Waals surface area (Å²) in [4.78, 5) is 22.7. The van der Waals surface area contributed by atoms with Crippen molar-refractivity contribution in [1.82, 2.24) is 24.5 Å². The second-order valence-corrected chi connectivity index (χ2v) is 5.32. The highest BCUT2D eigenvalue weighted by molar-refractivity contribution is 5.91. The number of amides is 1. The van der Waals surface area contributed by atoms with Crippen molar-refractivity contribution >= 4 is 11.7 Å². The zero-order valence-electron chi connectivity index (χ0n) is 12.4. The van der Waals surface area contributed by atoms with E-state index in [1.807, 2.05) is 30.3 Å². The van der Waals surface area contributed by atoms with Gasteiger partial charge in [0.25, 0.3) is 11.7 Å². The molecular formula is C16H15N5O2. The Kier molecular flexibility index (Phi) is 3.47. The molecule has 1 unspecified atom stereocenters. The normalized spacial score (nSPS) is 18.3. The van der Waals surface area contributed by atoms with Crippen molar-refractivity contribution in [2.45, 2.75) is 6.10 Å². The maximum absolute atomic E-state index is 12.7. The average Bonchev–Trinajstić information content (AvgIpc) is 3.06. The van der Waals surface area contributed by atoms with Gasteiger partial charge in [-0.15, -0.1) is 5.10 Å². The predicted molar refractivity (Wildman–Crippen MR) is 81.8 cm³/mol. The highest BCUT2D eigenvalue weighted by Gasteiger charge is 2.28. The van der Waals surface area contributed by atoms with E-state index in [4.69, 9.17) is 4.74 Å². The van der Waals surface area contributed by atoms with Gasteiger partial charge >= 0.3 is 0 Å². The first-order valence-electron chi connectivity index (χ1n) is 7.44. The highest BCUT2D eigenvalue weighted by atomic mass is 16.5. The number of aromatic nitrogens is 4. The number of carbonyl (C=O) groups is 1. The minimum Gasteiger partial charge on any atom is -0.370 e. The van der Waals surface area contributed by atoms with Crippen LogP contribution in [0.25, 0.3) is 5.78 Å². The Morgan fingerprint density at radius 3 is 2.91 bits per heavy atom. The van der Waals surface area contributed by atoms with Crippen LogP contribution in [0.4, 0.5) is 0 Å². The van der Waals surface area contributed by atoms with Gasteiger partial charge in [-0.3, -0.25) is 4.79 Å². The standard InChI is InChI=1S/C16H15N5O2/c22-15(14-18-16-17-7-4-8-21(16)19-14)20-9-10-23-13(11-20)12-5-2-1-3-6-12/h1-8,13H,9-11H2. The number of rotatable bonds is 2. The number of fused-ring (bicyclic) bond motifs is 1. The summed E-state index contributed by atoms with van der Waals surface area (Å²) in [5, 5.41) is 4.20. The third-order valence-electron chi connectivity index (χ3n) is 3.83. The number of hydrogen-bond acceptors (Lipinski definition) is 5. The third kappa shape index (κ3) is 2.66. The van der Waals surface area contributed by atoms with Crippen LogP contribution in [-0.4, -0.2) is 50.1 Å². The van der Waals surface area contributed by atoms with Crippen LogP contribution in [-0.2, 0) is 4.74 Å². The molecule has 7 heteroatoms. The molecule has 0 N–H and O–H groups in total. The molecule has 3 aromatic rings. The molecule has 4 rings (SSSR count). The van der Waals surface area contributed by atoms with E-state index in [-0.39, 0.29) is 17.8 Å². The summed E-state index contributed by atoms with van der Waals surface area (Å²) in [7, 11) is 0. The number of ether oxygens (including phenoxy) is 1. The van der Waals surface area contributed by atoms with E-state index < -0.39 is 0 Å². The van der Waals surface area contributed by atoms with E-state index in [2.05, 4.69) is 15.1 Å². The van der Waals surface area contributed by atoms with Gasteiger partial charge in [0.15, 0.2) is 0 Å². The SMILES string of the molecule is O=C(c1nc2ncccn2n1)N1CCOC(c2ccccc2)C1. The zero-order valence-corrected chi connectivity index (χ0v) is 12.4. The van der Waals surface area contributed by atoms with Crippen molar-refractivity contribution < 1.29 is 9.53 Å². The first-order chi connectivity index (χ1) is 11.3. The Morgan fingerprint density at radius 2 is 2.09 bits per heavy atom. The van der Waals surface area contributed by atoms with Gasteiger partial charge in [0.05, 0.1) is 13.2 Å². The summed E-state index contributed by atoms with van der Waals surface area (Å²) >= 11 is 0. The van der Waals surface area contributed by atoms with Crippen LogP contribution in [0.3, 0.4) is 0 Å². The van der Waals surface area contributed by atoms with Gasteiger partial charge in [0.2, 0.25) is 5.82 Å². The summed E-state index contributed by atoms with van der Waals surface area (Å²) in [6.45, 7) is 1.52. The molecule has 0 radical (unpaired) electrons. The van der Waals surface area contributed by atoms with Crippen molar-refractivity contribution in [1.29, 1.82) is 0 Å². The Labute approximate surface area is 132 Å². The molecule has 3 heterocycles. The van der Waals surface area contributed by atoms with Crippen LogP contribution in [0.5, 0.6) is 0 Å². The van der Waals surface area contributed by atoms with Gasteiger partial charge in [0, 0.05) is 18.9 Å². The number of morpholine rings is 1. The Morgan fingerprint density at radius 1 is 1.22 bits per heavy atom. The molecule has 116 valence electrons. The molecule has 0 aliphatic carbocycles. The zero-order chi connectivity index (χ0) is 15.6. The summed E-state index contributed by atoms with van der Waals surface area (Å²) < 4.78 is 7.29. The van der Waals surface area contributed by atoms with Crippen molar-refractivity contribution in [3.63, 3.8) is 0 Å². The van der Waals surface area contributed by atoms with Crippen molar-refractivity contribution in [2.75, 3.05) is 19.7 Å². The molecule has 1 saturated heterocycles. The molecule has 0 spiro atoms. The topological polar surface area (TPSA) is 72.6 Å². The van der Waals surface area contributed by atoms with Crippen molar-refractivity contribution in [3.8, 4) is 0 Å². The second-order valence-electron chi connectivity index (χ2n) is 5.32. The Balaban J connectivity index is 1.56. The van der Waals surface area contributed by atoms with E-state index in [1.165, 1.54) is 4.52 Å². The molecule has 1 aliphatic heterocycles. The lowest BCUT2D eigenvalue weighted by Crippen LogP contribution is -2.42. The van der Waals surface area contributed by atoms with Crippen LogP contribution < -0.4 is 0 Å². The molecule has 23 heavy (non-hydrogen) atoms. The monoisotopic (exact) mass is 309 g/mol.